The van der Waals surface area contributed by atoms with Gasteiger partial charge < -0.3 is 4.98 Å². The zero-order chi connectivity index (χ0) is 17.4. The highest BCUT2D eigenvalue weighted by atomic mass is 35.5. The molecule has 0 saturated carbocycles. The first kappa shape index (κ1) is 16.8. The van der Waals surface area contributed by atoms with Crippen LogP contribution in [-0.2, 0) is 6.54 Å². The van der Waals surface area contributed by atoms with Crippen molar-refractivity contribution < 1.29 is 0 Å². The molecule has 1 N–H and O–H groups in total. The Kier molecular flexibility index (Phi) is 4.63. The second-order valence-electron chi connectivity index (χ2n) is 6.83. The number of H-pyrrole nitrogens is 1. The number of hydrogen-bond donors (Lipinski definition) is 1. The molecule has 6 heteroatoms. The molecule has 0 spiro atoms. The number of nitrogens with zero attached hydrogens (tertiary/aromatic N) is 2. The van der Waals surface area contributed by atoms with Gasteiger partial charge in [0.25, 0.3) is 5.56 Å². The molecule has 1 fully saturated rings. The van der Waals surface area contributed by atoms with E-state index in [1.54, 1.807) is 0 Å². The molecule has 4 rings (SSSR count). The lowest BCUT2D eigenvalue weighted by Crippen LogP contribution is -2.34. The molecule has 0 bridgehead atoms. The van der Waals surface area contributed by atoms with Gasteiger partial charge in [-0.2, -0.15) is 0 Å². The van der Waals surface area contributed by atoms with Crippen LogP contribution in [0.15, 0.2) is 34.4 Å². The van der Waals surface area contributed by atoms with Crippen molar-refractivity contribution in [3.8, 4) is 11.1 Å². The van der Waals surface area contributed by atoms with Crippen molar-refractivity contribution in [2.75, 3.05) is 13.1 Å². The summed E-state index contributed by atoms with van der Waals surface area (Å²) in [5, 5.41) is 3.36. The Bertz CT molecular complexity index is 947. The van der Waals surface area contributed by atoms with Gasteiger partial charge in [-0.15, -0.1) is 11.3 Å². The fourth-order valence-corrected chi connectivity index (χ4v) is 4.65. The van der Waals surface area contributed by atoms with E-state index in [4.69, 9.17) is 16.6 Å². The van der Waals surface area contributed by atoms with Gasteiger partial charge in [0.05, 0.1) is 11.9 Å². The minimum atomic E-state index is -0.0590. The number of rotatable bonds is 3. The Morgan fingerprint density at radius 2 is 2.16 bits per heavy atom. The maximum absolute atomic E-state index is 12.7. The van der Waals surface area contributed by atoms with Gasteiger partial charge in [-0.1, -0.05) is 30.7 Å². The van der Waals surface area contributed by atoms with Crippen molar-refractivity contribution in [1.82, 2.24) is 14.9 Å². The molecule has 25 heavy (non-hydrogen) atoms. The zero-order valence-electron chi connectivity index (χ0n) is 14.1. The third-order valence-corrected chi connectivity index (χ3v) is 5.89. The molecule has 2 aromatic heterocycles. The molecule has 0 amide bonds. The lowest BCUT2D eigenvalue weighted by molar-refractivity contribution is 0.173. The van der Waals surface area contributed by atoms with Crippen LogP contribution in [0.1, 0.15) is 25.6 Å². The number of nitrogens with one attached hydrogen (secondary N) is 1. The molecule has 0 unspecified atom stereocenters. The third-order valence-electron chi connectivity index (χ3n) is 4.76. The van der Waals surface area contributed by atoms with Crippen LogP contribution in [0.5, 0.6) is 0 Å². The Morgan fingerprint density at radius 3 is 2.92 bits per heavy atom. The van der Waals surface area contributed by atoms with Crippen LogP contribution in [0.4, 0.5) is 0 Å². The van der Waals surface area contributed by atoms with Crippen LogP contribution >= 0.6 is 22.9 Å². The number of benzene rings is 1. The molecule has 1 aliphatic heterocycles. The van der Waals surface area contributed by atoms with E-state index in [1.165, 1.54) is 24.2 Å². The largest absolute Gasteiger partial charge is 0.309 e. The Labute approximate surface area is 155 Å². The first-order valence-electron chi connectivity index (χ1n) is 8.59. The molecule has 3 aromatic rings. The summed E-state index contributed by atoms with van der Waals surface area (Å²) in [5.74, 6) is 1.47. The van der Waals surface area contributed by atoms with E-state index < -0.39 is 0 Å². The predicted molar refractivity (Wildman–Crippen MR) is 104 cm³/mol. The maximum Gasteiger partial charge on any atom is 0.260 e. The molecule has 1 aliphatic rings. The van der Waals surface area contributed by atoms with E-state index >= 15 is 0 Å². The molecule has 0 radical (unpaired) electrons. The Morgan fingerprint density at radius 1 is 1.36 bits per heavy atom. The van der Waals surface area contributed by atoms with Crippen LogP contribution in [0.3, 0.4) is 0 Å². The number of fused-ring (bicyclic) bond motifs is 1. The predicted octanol–water partition coefficient (Wildman–Crippen LogP) is 4.54. The second-order valence-corrected chi connectivity index (χ2v) is 8.13. The van der Waals surface area contributed by atoms with Gasteiger partial charge in [-0.05, 0) is 43.0 Å². The minimum Gasteiger partial charge on any atom is -0.309 e. The van der Waals surface area contributed by atoms with Gasteiger partial charge in [-0.3, -0.25) is 9.69 Å². The van der Waals surface area contributed by atoms with Crippen molar-refractivity contribution >= 4 is 33.2 Å². The van der Waals surface area contributed by atoms with Gasteiger partial charge in [0, 0.05) is 22.5 Å². The summed E-state index contributed by atoms with van der Waals surface area (Å²) in [5.41, 5.74) is 1.85. The number of aromatic nitrogens is 2. The lowest BCUT2D eigenvalue weighted by Gasteiger charge is -2.30. The van der Waals surface area contributed by atoms with E-state index in [0.29, 0.717) is 22.9 Å². The van der Waals surface area contributed by atoms with Crippen LogP contribution in [0.2, 0.25) is 5.02 Å². The highest BCUT2D eigenvalue weighted by Gasteiger charge is 2.18. The minimum absolute atomic E-state index is 0.0590. The summed E-state index contributed by atoms with van der Waals surface area (Å²) in [4.78, 5) is 23.6. The fourth-order valence-electron chi connectivity index (χ4n) is 3.55. The van der Waals surface area contributed by atoms with E-state index in [2.05, 4.69) is 16.8 Å². The normalized spacial score (nSPS) is 18.7. The smallest absolute Gasteiger partial charge is 0.260 e. The molecule has 1 atom stereocenters. The van der Waals surface area contributed by atoms with Crippen molar-refractivity contribution in [2.45, 2.75) is 26.3 Å². The Balaban J connectivity index is 1.67. The molecule has 1 saturated heterocycles. The third kappa shape index (κ3) is 3.50. The highest BCUT2D eigenvalue weighted by molar-refractivity contribution is 7.17. The van der Waals surface area contributed by atoms with E-state index in [9.17, 15) is 4.79 Å². The van der Waals surface area contributed by atoms with Crippen molar-refractivity contribution in [2.24, 2.45) is 5.92 Å². The van der Waals surface area contributed by atoms with Crippen LogP contribution in [0.25, 0.3) is 21.3 Å². The van der Waals surface area contributed by atoms with E-state index in [-0.39, 0.29) is 5.56 Å². The van der Waals surface area contributed by atoms with Gasteiger partial charge >= 0.3 is 0 Å². The average molecular weight is 374 g/mol. The first-order chi connectivity index (χ1) is 12.1. The number of aromatic amines is 1. The van der Waals surface area contributed by atoms with Crippen molar-refractivity contribution in [3.05, 3.63) is 50.8 Å². The summed E-state index contributed by atoms with van der Waals surface area (Å²) >= 11 is 7.49. The summed E-state index contributed by atoms with van der Waals surface area (Å²) < 4.78 is 0. The number of halogens is 1. The Hall–Kier alpha value is -1.69. The molecule has 4 nitrogen and oxygen atoms in total. The van der Waals surface area contributed by atoms with E-state index in [1.807, 2.05) is 29.6 Å². The van der Waals surface area contributed by atoms with Crippen LogP contribution < -0.4 is 5.56 Å². The summed E-state index contributed by atoms with van der Waals surface area (Å²) in [6, 6.07) is 7.56. The van der Waals surface area contributed by atoms with Gasteiger partial charge in [0.1, 0.15) is 10.7 Å². The first-order valence-corrected chi connectivity index (χ1v) is 9.84. The van der Waals surface area contributed by atoms with E-state index in [0.717, 1.165) is 34.9 Å². The van der Waals surface area contributed by atoms with Crippen molar-refractivity contribution in [3.63, 3.8) is 0 Å². The topological polar surface area (TPSA) is 49.0 Å². The van der Waals surface area contributed by atoms with Crippen molar-refractivity contribution in [1.29, 1.82) is 0 Å². The quantitative estimate of drug-likeness (QED) is 0.733. The molecule has 130 valence electrons. The monoisotopic (exact) mass is 373 g/mol. The fraction of sp³-hybridized carbons (Fsp3) is 0.368. The SMILES string of the molecule is C[C@@H]1CCCN(Cc2nc3scc(-c4ccc(Cl)cc4)c3c(=O)[nH]2)C1. The molecule has 1 aromatic carbocycles. The second kappa shape index (κ2) is 6.90. The number of likely N-dealkylation sites (tertiary alicyclic amines) is 1. The number of piperidine rings is 1. The molecular formula is C19H20ClN3OS. The molecule has 3 heterocycles. The molecule has 0 aliphatic carbocycles. The number of thiophene rings is 1. The lowest BCUT2D eigenvalue weighted by atomic mass is 10.0. The molecular weight excluding hydrogens is 354 g/mol. The summed E-state index contributed by atoms with van der Waals surface area (Å²) in [7, 11) is 0. The van der Waals surface area contributed by atoms with Gasteiger partial charge in [-0.25, -0.2) is 4.98 Å². The highest BCUT2D eigenvalue weighted by Crippen LogP contribution is 2.31. The summed E-state index contributed by atoms with van der Waals surface area (Å²) in [6.45, 7) is 5.14. The maximum atomic E-state index is 12.7. The zero-order valence-corrected chi connectivity index (χ0v) is 15.7. The van der Waals surface area contributed by atoms with Crippen LogP contribution in [-0.4, -0.2) is 28.0 Å². The summed E-state index contributed by atoms with van der Waals surface area (Å²) in [6.07, 6.45) is 2.50. The van der Waals surface area contributed by atoms with Gasteiger partial charge in [0.15, 0.2) is 0 Å². The number of hydrogen-bond acceptors (Lipinski definition) is 4. The average Bonchev–Trinajstić information content (AvgIpc) is 3.00. The van der Waals surface area contributed by atoms with Gasteiger partial charge in [0.2, 0.25) is 0 Å². The van der Waals surface area contributed by atoms with Crippen LogP contribution in [0, 0.1) is 5.92 Å². The standard InChI is InChI=1S/C19H20ClN3OS/c1-12-3-2-8-23(9-12)10-16-21-18(24)17-15(11-25-19(17)22-16)13-4-6-14(20)7-5-13/h4-7,11-12H,2-3,8-10H2,1H3,(H,21,22,24)/t12-/m1/s1.